The molecule has 0 unspecified atom stereocenters. The largest absolute Gasteiger partial charge is 0.353 e. The molecule has 3 nitrogen and oxygen atoms in total. The van der Waals surface area contributed by atoms with Gasteiger partial charge in [0.2, 0.25) is 5.91 Å². The Morgan fingerprint density at radius 1 is 1.42 bits per heavy atom. The zero-order valence-corrected chi connectivity index (χ0v) is 11.4. The van der Waals surface area contributed by atoms with Gasteiger partial charge in [0.15, 0.2) is 0 Å². The number of amides is 1. The number of nitrogens with one attached hydrogen (secondary N) is 1. The number of halogens is 1. The highest BCUT2D eigenvalue weighted by Crippen LogP contribution is 2.09. The summed E-state index contributed by atoms with van der Waals surface area (Å²) in [6.07, 6.45) is 3.05. The number of nitrogens with zero attached hydrogens (tertiary/aromatic N) is 1. The lowest BCUT2D eigenvalue weighted by atomic mass is 10.0. The van der Waals surface area contributed by atoms with E-state index in [1.165, 1.54) is 12.1 Å². The minimum absolute atomic E-state index is 0.0683. The average molecular weight is 264 g/mol. The standard InChI is InChI=1S/C15H21FN2O/c1-18-9-7-14(8-10-18)17-15(19)6-5-12-3-2-4-13(16)11-12/h2-4,11,14H,5-10H2,1H3,(H,17,19). The quantitative estimate of drug-likeness (QED) is 0.901. The number of carbonyl (C=O) groups is 1. The van der Waals surface area contributed by atoms with Gasteiger partial charge < -0.3 is 10.2 Å². The molecule has 1 fully saturated rings. The minimum atomic E-state index is -0.242. The third-order valence-electron chi connectivity index (χ3n) is 3.61. The molecule has 1 heterocycles. The molecule has 1 aromatic carbocycles. The number of hydrogen-bond acceptors (Lipinski definition) is 2. The number of hydrogen-bond donors (Lipinski definition) is 1. The summed E-state index contributed by atoms with van der Waals surface area (Å²) in [6.45, 7) is 2.07. The number of piperidine rings is 1. The van der Waals surface area contributed by atoms with Crippen LogP contribution in [0.25, 0.3) is 0 Å². The van der Waals surface area contributed by atoms with E-state index in [0.717, 1.165) is 31.5 Å². The van der Waals surface area contributed by atoms with E-state index in [1.54, 1.807) is 6.07 Å². The first-order valence-electron chi connectivity index (χ1n) is 6.86. The molecule has 1 amide bonds. The van der Waals surface area contributed by atoms with Crippen LogP contribution >= 0.6 is 0 Å². The van der Waals surface area contributed by atoms with Gasteiger partial charge >= 0.3 is 0 Å². The number of benzene rings is 1. The lowest BCUT2D eigenvalue weighted by Crippen LogP contribution is -2.43. The van der Waals surface area contributed by atoms with Crippen LogP contribution in [0.1, 0.15) is 24.8 Å². The van der Waals surface area contributed by atoms with Gasteiger partial charge in [-0.05, 0) is 57.1 Å². The summed E-state index contributed by atoms with van der Waals surface area (Å²) in [5.41, 5.74) is 0.874. The maximum absolute atomic E-state index is 13.0. The predicted molar refractivity (Wildman–Crippen MR) is 73.4 cm³/mol. The fourth-order valence-electron chi connectivity index (χ4n) is 2.40. The Labute approximate surface area is 113 Å². The van der Waals surface area contributed by atoms with Crippen LogP contribution in [0.15, 0.2) is 24.3 Å². The molecule has 19 heavy (non-hydrogen) atoms. The highest BCUT2D eigenvalue weighted by Gasteiger charge is 2.18. The number of rotatable bonds is 4. The Bertz CT molecular complexity index is 428. The Balaban J connectivity index is 1.73. The Hall–Kier alpha value is -1.42. The molecule has 0 bridgehead atoms. The summed E-state index contributed by atoms with van der Waals surface area (Å²) in [5, 5.41) is 3.06. The molecule has 0 spiro atoms. The first-order valence-corrected chi connectivity index (χ1v) is 6.86. The second kappa shape index (κ2) is 6.66. The summed E-state index contributed by atoms with van der Waals surface area (Å²) in [4.78, 5) is 14.1. The molecule has 1 saturated heterocycles. The van der Waals surface area contributed by atoms with Crippen LogP contribution in [-0.4, -0.2) is 37.0 Å². The van der Waals surface area contributed by atoms with Gasteiger partial charge in [0.25, 0.3) is 0 Å². The van der Waals surface area contributed by atoms with Gasteiger partial charge in [-0.2, -0.15) is 0 Å². The Morgan fingerprint density at radius 3 is 2.84 bits per heavy atom. The van der Waals surface area contributed by atoms with Gasteiger partial charge in [-0.3, -0.25) is 4.79 Å². The first-order chi connectivity index (χ1) is 9.13. The molecule has 0 radical (unpaired) electrons. The van der Waals surface area contributed by atoms with E-state index in [4.69, 9.17) is 0 Å². The van der Waals surface area contributed by atoms with Crippen molar-refractivity contribution in [2.75, 3.05) is 20.1 Å². The molecule has 0 saturated carbocycles. The van der Waals surface area contributed by atoms with Crippen molar-refractivity contribution in [3.63, 3.8) is 0 Å². The van der Waals surface area contributed by atoms with Crippen LogP contribution in [-0.2, 0) is 11.2 Å². The van der Waals surface area contributed by atoms with Crippen LogP contribution < -0.4 is 5.32 Å². The molecule has 1 aromatic rings. The normalized spacial score (nSPS) is 17.4. The van der Waals surface area contributed by atoms with Gasteiger partial charge in [0.1, 0.15) is 5.82 Å². The average Bonchev–Trinajstić information content (AvgIpc) is 2.39. The first kappa shape index (κ1) is 14.0. The number of carbonyl (C=O) groups excluding carboxylic acids is 1. The molecular weight excluding hydrogens is 243 g/mol. The topological polar surface area (TPSA) is 32.3 Å². The van der Waals surface area contributed by atoms with Crippen LogP contribution in [0.4, 0.5) is 4.39 Å². The van der Waals surface area contributed by atoms with E-state index in [1.807, 2.05) is 6.07 Å². The van der Waals surface area contributed by atoms with Crippen molar-refractivity contribution in [1.29, 1.82) is 0 Å². The Kier molecular flexibility index (Phi) is 4.91. The van der Waals surface area contributed by atoms with E-state index >= 15 is 0 Å². The molecular formula is C15H21FN2O. The van der Waals surface area contributed by atoms with E-state index in [2.05, 4.69) is 17.3 Å². The van der Waals surface area contributed by atoms with Gasteiger partial charge in [0.05, 0.1) is 0 Å². The van der Waals surface area contributed by atoms with E-state index in [-0.39, 0.29) is 11.7 Å². The molecule has 104 valence electrons. The zero-order valence-electron chi connectivity index (χ0n) is 11.4. The SMILES string of the molecule is CN1CCC(NC(=O)CCc2cccc(F)c2)CC1. The summed E-state index contributed by atoms with van der Waals surface area (Å²) in [6, 6.07) is 6.74. The molecule has 1 aliphatic rings. The third-order valence-corrected chi connectivity index (χ3v) is 3.61. The molecule has 1 aliphatic heterocycles. The highest BCUT2D eigenvalue weighted by molar-refractivity contribution is 5.76. The second-order valence-corrected chi connectivity index (χ2v) is 5.27. The van der Waals surface area contributed by atoms with Gasteiger partial charge in [0, 0.05) is 12.5 Å². The van der Waals surface area contributed by atoms with Crippen molar-refractivity contribution >= 4 is 5.91 Å². The summed E-state index contributed by atoms with van der Waals surface area (Å²) in [7, 11) is 2.10. The molecule has 1 N–H and O–H groups in total. The molecule has 4 heteroatoms. The van der Waals surface area contributed by atoms with Crippen molar-refractivity contribution in [2.45, 2.75) is 31.7 Å². The lowest BCUT2D eigenvalue weighted by Gasteiger charge is -2.29. The monoisotopic (exact) mass is 264 g/mol. The van der Waals surface area contributed by atoms with Crippen LogP contribution in [0.5, 0.6) is 0 Å². The minimum Gasteiger partial charge on any atom is -0.353 e. The molecule has 2 rings (SSSR count). The van der Waals surface area contributed by atoms with Crippen molar-refractivity contribution < 1.29 is 9.18 Å². The van der Waals surface area contributed by atoms with Gasteiger partial charge in [-0.15, -0.1) is 0 Å². The third kappa shape index (κ3) is 4.63. The lowest BCUT2D eigenvalue weighted by molar-refractivity contribution is -0.122. The van der Waals surface area contributed by atoms with Gasteiger partial charge in [-0.1, -0.05) is 12.1 Å². The van der Waals surface area contributed by atoms with E-state index in [0.29, 0.717) is 18.9 Å². The fourth-order valence-corrected chi connectivity index (χ4v) is 2.40. The van der Waals surface area contributed by atoms with Crippen LogP contribution in [0.3, 0.4) is 0 Å². The molecule has 0 aliphatic carbocycles. The van der Waals surface area contributed by atoms with E-state index < -0.39 is 0 Å². The maximum Gasteiger partial charge on any atom is 0.220 e. The van der Waals surface area contributed by atoms with Crippen LogP contribution in [0, 0.1) is 5.82 Å². The fraction of sp³-hybridized carbons (Fsp3) is 0.533. The predicted octanol–water partition coefficient (Wildman–Crippen LogP) is 1.97. The highest BCUT2D eigenvalue weighted by atomic mass is 19.1. The maximum atomic E-state index is 13.0. The number of likely N-dealkylation sites (tertiary alicyclic amines) is 1. The van der Waals surface area contributed by atoms with Crippen molar-refractivity contribution in [3.05, 3.63) is 35.6 Å². The second-order valence-electron chi connectivity index (χ2n) is 5.27. The number of aryl methyl sites for hydroxylation is 1. The van der Waals surface area contributed by atoms with Crippen molar-refractivity contribution in [2.24, 2.45) is 0 Å². The van der Waals surface area contributed by atoms with E-state index in [9.17, 15) is 9.18 Å². The summed E-state index contributed by atoms with van der Waals surface area (Å²) in [5.74, 6) is -0.174. The smallest absolute Gasteiger partial charge is 0.220 e. The summed E-state index contributed by atoms with van der Waals surface area (Å²) < 4.78 is 13.0. The Morgan fingerprint density at radius 2 is 2.16 bits per heavy atom. The van der Waals surface area contributed by atoms with Crippen LogP contribution in [0.2, 0.25) is 0 Å². The molecule has 0 aromatic heterocycles. The van der Waals surface area contributed by atoms with Crippen molar-refractivity contribution in [3.8, 4) is 0 Å². The molecule has 0 atom stereocenters. The zero-order chi connectivity index (χ0) is 13.7. The van der Waals surface area contributed by atoms with Gasteiger partial charge in [-0.25, -0.2) is 4.39 Å². The summed E-state index contributed by atoms with van der Waals surface area (Å²) >= 11 is 0. The van der Waals surface area contributed by atoms with Crippen molar-refractivity contribution in [1.82, 2.24) is 10.2 Å².